The average molecular weight is 380 g/mol. The summed E-state index contributed by atoms with van der Waals surface area (Å²) in [7, 11) is 0. The van der Waals surface area contributed by atoms with E-state index in [0.29, 0.717) is 12.0 Å². The summed E-state index contributed by atoms with van der Waals surface area (Å²) >= 11 is 0. The molecular weight excluding hydrogens is 356 g/mol. The number of unbranched alkanes of at least 4 members (excludes halogenated alkanes) is 1. The Kier molecular flexibility index (Phi) is 5.80. The number of allylic oxidation sites excluding steroid dienone is 1. The van der Waals surface area contributed by atoms with Crippen LogP contribution in [0.15, 0.2) is 59.8 Å². The minimum absolute atomic E-state index is 0.214. The first-order chi connectivity index (χ1) is 13.4. The number of rotatable bonds is 6. The van der Waals surface area contributed by atoms with Crippen LogP contribution < -0.4 is 10.2 Å². The molecule has 3 rings (SSSR count). The summed E-state index contributed by atoms with van der Waals surface area (Å²) in [6.07, 6.45) is 1.39. The second kappa shape index (κ2) is 8.27. The first-order valence-corrected chi connectivity index (χ1v) is 9.34. The highest BCUT2D eigenvalue weighted by atomic mass is 16.4. The third kappa shape index (κ3) is 3.77. The van der Waals surface area contributed by atoms with Crippen molar-refractivity contribution in [1.82, 2.24) is 5.32 Å². The van der Waals surface area contributed by atoms with Gasteiger partial charge in [-0.15, -0.1) is 0 Å². The number of nitrogens with zero attached hydrogens (tertiary/aromatic N) is 1. The van der Waals surface area contributed by atoms with Gasteiger partial charge in [-0.2, -0.15) is 0 Å². The van der Waals surface area contributed by atoms with Crippen molar-refractivity contribution in [2.75, 3.05) is 4.90 Å². The van der Waals surface area contributed by atoms with Gasteiger partial charge in [0, 0.05) is 16.8 Å². The minimum atomic E-state index is -1.16. The van der Waals surface area contributed by atoms with Crippen molar-refractivity contribution in [2.24, 2.45) is 0 Å². The molecule has 1 amide bonds. The Morgan fingerprint density at radius 2 is 1.82 bits per heavy atom. The number of aromatic carboxylic acids is 1. The van der Waals surface area contributed by atoms with Gasteiger partial charge in [0.25, 0.3) is 5.91 Å². The summed E-state index contributed by atoms with van der Waals surface area (Å²) < 4.78 is 0. The van der Waals surface area contributed by atoms with Crippen molar-refractivity contribution < 1.29 is 19.8 Å². The number of carboxylic acids is 1. The first kappa shape index (κ1) is 19.6. The lowest BCUT2D eigenvalue weighted by molar-refractivity contribution is -0.121. The van der Waals surface area contributed by atoms with Crippen molar-refractivity contribution in [2.45, 2.75) is 39.5 Å². The molecule has 3 N–H and O–H groups in total. The second-order valence-electron chi connectivity index (χ2n) is 6.79. The summed E-state index contributed by atoms with van der Waals surface area (Å²) in [5, 5.41) is 22.4. The van der Waals surface area contributed by atoms with E-state index < -0.39 is 12.3 Å². The molecule has 6 nitrogen and oxygen atoms in total. The Balaban J connectivity index is 2.09. The van der Waals surface area contributed by atoms with E-state index in [-0.39, 0.29) is 11.5 Å². The van der Waals surface area contributed by atoms with Crippen molar-refractivity contribution >= 4 is 17.6 Å². The van der Waals surface area contributed by atoms with E-state index in [2.05, 4.69) is 12.2 Å². The van der Waals surface area contributed by atoms with Crippen molar-refractivity contribution in [3.63, 3.8) is 0 Å². The van der Waals surface area contributed by atoms with Crippen LogP contribution in [0.1, 0.15) is 43.5 Å². The van der Waals surface area contributed by atoms with E-state index in [1.165, 1.54) is 0 Å². The van der Waals surface area contributed by atoms with Crippen LogP contribution in [0, 0.1) is 0 Å². The molecule has 0 saturated heterocycles. The summed E-state index contributed by atoms with van der Waals surface area (Å²) in [5.74, 6) is -1.24. The van der Waals surface area contributed by atoms with Gasteiger partial charge in [-0.1, -0.05) is 43.7 Å². The number of aliphatic hydroxyl groups excluding tert-OH is 1. The molecule has 1 atom stereocenters. The SMILES string of the molecule is CCCCC1=C(C)C(=O)NC(O)N1c1ccccc1-c1ccc(C(=O)O)cc1. The number of hydrogen-bond acceptors (Lipinski definition) is 4. The number of carbonyl (C=O) groups is 2. The third-order valence-electron chi connectivity index (χ3n) is 4.94. The molecule has 1 aliphatic rings. The number of carbonyl (C=O) groups excluding carboxylic acids is 1. The fourth-order valence-electron chi connectivity index (χ4n) is 3.40. The maximum absolute atomic E-state index is 12.2. The molecule has 0 aliphatic carbocycles. The number of para-hydroxylation sites is 1. The van der Waals surface area contributed by atoms with Gasteiger partial charge in [-0.25, -0.2) is 4.79 Å². The van der Waals surface area contributed by atoms with Gasteiger partial charge in [0.1, 0.15) is 0 Å². The molecule has 2 aromatic carbocycles. The van der Waals surface area contributed by atoms with Gasteiger partial charge < -0.3 is 20.4 Å². The van der Waals surface area contributed by atoms with Gasteiger partial charge in [-0.05, 0) is 43.5 Å². The molecule has 6 heteroatoms. The normalized spacial score (nSPS) is 16.9. The molecule has 0 aromatic heterocycles. The molecule has 1 unspecified atom stereocenters. The van der Waals surface area contributed by atoms with Crippen LogP contribution in [-0.4, -0.2) is 28.4 Å². The zero-order valence-corrected chi connectivity index (χ0v) is 16.0. The molecule has 0 saturated carbocycles. The Hall–Kier alpha value is -3.12. The van der Waals surface area contributed by atoms with E-state index >= 15 is 0 Å². The smallest absolute Gasteiger partial charge is 0.335 e. The van der Waals surface area contributed by atoms with Crippen LogP contribution in [0.5, 0.6) is 0 Å². The number of hydrogen-bond donors (Lipinski definition) is 3. The average Bonchev–Trinajstić information content (AvgIpc) is 2.69. The van der Waals surface area contributed by atoms with Gasteiger partial charge in [0.05, 0.1) is 11.3 Å². The number of aliphatic hydroxyl groups is 1. The second-order valence-corrected chi connectivity index (χ2v) is 6.79. The fourth-order valence-corrected chi connectivity index (χ4v) is 3.40. The van der Waals surface area contributed by atoms with Crippen LogP contribution in [0.2, 0.25) is 0 Å². The highest BCUT2D eigenvalue weighted by molar-refractivity contribution is 5.97. The number of amides is 1. The highest BCUT2D eigenvalue weighted by Crippen LogP contribution is 2.36. The summed E-state index contributed by atoms with van der Waals surface area (Å²) in [5.41, 5.74) is 4.03. The predicted molar refractivity (Wildman–Crippen MR) is 108 cm³/mol. The Morgan fingerprint density at radius 1 is 1.14 bits per heavy atom. The molecule has 146 valence electrons. The predicted octanol–water partition coefficient (Wildman–Crippen LogP) is 3.73. The largest absolute Gasteiger partial charge is 0.478 e. The maximum Gasteiger partial charge on any atom is 0.335 e. The molecule has 0 radical (unpaired) electrons. The fraction of sp³-hybridized carbons (Fsp3) is 0.273. The standard InChI is InChI=1S/C22H24N2O4/c1-3-4-8-18-14(2)20(25)23-22(28)24(18)19-9-6-5-7-17(19)15-10-12-16(13-11-15)21(26)27/h5-7,9-13,22,28H,3-4,8H2,1-2H3,(H,23,25)(H,26,27). The van der Waals surface area contributed by atoms with E-state index in [9.17, 15) is 14.7 Å². The molecule has 1 heterocycles. The molecule has 0 fully saturated rings. The van der Waals surface area contributed by atoms with Crippen LogP contribution in [-0.2, 0) is 4.79 Å². The number of carboxylic acid groups (broad SMARTS) is 1. The zero-order valence-electron chi connectivity index (χ0n) is 16.0. The van der Waals surface area contributed by atoms with Gasteiger partial charge >= 0.3 is 5.97 Å². The van der Waals surface area contributed by atoms with Crippen molar-refractivity contribution in [3.05, 3.63) is 65.4 Å². The molecule has 28 heavy (non-hydrogen) atoms. The van der Waals surface area contributed by atoms with Crippen molar-refractivity contribution in [3.8, 4) is 11.1 Å². The Bertz CT molecular complexity index is 918. The van der Waals surface area contributed by atoms with Gasteiger partial charge in [0.15, 0.2) is 0 Å². The van der Waals surface area contributed by atoms with Gasteiger partial charge in [0.2, 0.25) is 6.35 Å². The van der Waals surface area contributed by atoms with Crippen LogP contribution in [0.25, 0.3) is 11.1 Å². The lowest BCUT2D eigenvalue weighted by atomic mass is 9.99. The molecule has 0 bridgehead atoms. The number of anilines is 1. The molecule has 1 aliphatic heterocycles. The van der Waals surface area contributed by atoms with E-state index in [4.69, 9.17) is 5.11 Å². The molecule has 2 aromatic rings. The van der Waals surface area contributed by atoms with Gasteiger partial charge in [-0.3, -0.25) is 4.79 Å². The van der Waals surface area contributed by atoms with E-state index in [1.54, 1.807) is 36.1 Å². The van der Waals surface area contributed by atoms with E-state index in [0.717, 1.165) is 35.4 Å². The number of benzene rings is 2. The third-order valence-corrected chi connectivity index (χ3v) is 4.94. The van der Waals surface area contributed by atoms with Crippen LogP contribution >= 0.6 is 0 Å². The summed E-state index contributed by atoms with van der Waals surface area (Å²) in [6, 6.07) is 14.2. The monoisotopic (exact) mass is 380 g/mol. The lowest BCUT2D eigenvalue weighted by Crippen LogP contribution is -2.53. The van der Waals surface area contributed by atoms with Crippen molar-refractivity contribution in [1.29, 1.82) is 0 Å². The first-order valence-electron chi connectivity index (χ1n) is 9.34. The quantitative estimate of drug-likeness (QED) is 0.710. The zero-order chi connectivity index (χ0) is 20.3. The van der Waals surface area contributed by atoms with Crippen LogP contribution in [0.3, 0.4) is 0 Å². The van der Waals surface area contributed by atoms with E-state index in [1.807, 2.05) is 24.3 Å². The van der Waals surface area contributed by atoms with Crippen LogP contribution in [0.4, 0.5) is 5.69 Å². The highest BCUT2D eigenvalue weighted by Gasteiger charge is 2.31. The Labute approximate surface area is 164 Å². The summed E-state index contributed by atoms with van der Waals surface area (Å²) in [4.78, 5) is 25.1. The summed E-state index contributed by atoms with van der Waals surface area (Å²) in [6.45, 7) is 3.85. The minimum Gasteiger partial charge on any atom is -0.478 e. The lowest BCUT2D eigenvalue weighted by Gasteiger charge is -2.38. The Morgan fingerprint density at radius 3 is 2.46 bits per heavy atom. The number of nitrogens with one attached hydrogen (secondary N) is 1. The molecular formula is C22H24N2O4. The maximum atomic E-state index is 12.2. The topological polar surface area (TPSA) is 89.9 Å². The molecule has 0 spiro atoms.